The van der Waals surface area contributed by atoms with Crippen molar-refractivity contribution < 1.29 is 4.74 Å². The summed E-state index contributed by atoms with van der Waals surface area (Å²) in [5.74, 6) is 1.26. The molecule has 0 aromatic carbocycles. The van der Waals surface area contributed by atoms with Gasteiger partial charge in [0.2, 0.25) is 0 Å². The van der Waals surface area contributed by atoms with Gasteiger partial charge in [0.15, 0.2) is 0 Å². The highest BCUT2D eigenvalue weighted by molar-refractivity contribution is 7.98. The molecule has 1 unspecified atom stereocenters. The zero-order valence-electron chi connectivity index (χ0n) is 12.0. The molecule has 17 heavy (non-hydrogen) atoms. The maximum absolute atomic E-state index is 5.30. The van der Waals surface area contributed by atoms with Crippen molar-refractivity contribution in [1.82, 2.24) is 10.2 Å². The van der Waals surface area contributed by atoms with Crippen LogP contribution in [-0.2, 0) is 4.74 Å². The lowest BCUT2D eigenvalue weighted by molar-refractivity contribution is 0.144. The van der Waals surface area contributed by atoms with Gasteiger partial charge in [-0.1, -0.05) is 0 Å². The number of thioether (sulfide) groups is 1. The zero-order chi connectivity index (χ0) is 12.9. The summed E-state index contributed by atoms with van der Waals surface area (Å²) in [6, 6.07) is 0.615. The van der Waals surface area contributed by atoms with Crippen LogP contribution >= 0.6 is 11.8 Å². The van der Waals surface area contributed by atoms with Gasteiger partial charge < -0.3 is 15.0 Å². The fourth-order valence-corrected chi connectivity index (χ4v) is 2.01. The van der Waals surface area contributed by atoms with Gasteiger partial charge in [0.05, 0.1) is 0 Å². The lowest BCUT2D eigenvalue weighted by atomic mass is 10.2. The van der Waals surface area contributed by atoms with Crippen LogP contribution in [0.4, 0.5) is 0 Å². The van der Waals surface area contributed by atoms with Crippen molar-refractivity contribution in [2.24, 2.45) is 0 Å². The molecular formula is C13H30N2OS. The zero-order valence-corrected chi connectivity index (χ0v) is 12.8. The Morgan fingerprint density at radius 2 is 2.12 bits per heavy atom. The number of rotatable bonds is 12. The molecule has 0 aliphatic heterocycles. The summed E-state index contributed by atoms with van der Waals surface area (Å²) in [7, 11) is 2.22. The summed E-state index contributed by atoms with van der Waals surface area (Å²) in [5.41, 5.74) is 0. The number of likely N-dealkylation sites (N-methyl/N-ethyl adjacent to an activating group) is 1. The number of hydrogen-bond acceptors (Lipinski definition) is 4. The second kappa shape index (κ2) is 12.7. The normalized spacial score (nSPS) is 13.2. The van der Waals surface area contributed by atoms with E-state index in [1.165, 1.54) is 18.7 Å². The number of nitrogens with zero attached hydrogens (tertiary/aromatic N) is 1. The summed E-state index contributed by atoms with van der Waals surface area (Å²) in [6.45, 7) is 9.36. The van der Waals surface area contributed by atoms with Gasteiger partial charge in [-0.2, -0.15) is 11.8 Å². The van der Waals surface area contributed by atoms with E-state index in [9.17, 15) is 0 Å². The first-order valence-electron chi connectivity index (χ1n) is 6.70. The van der Waals surface area contributed by atoms with Crippen molar-refractivity contribution in [1.29, 1.82) is 0 Å². The topological polar surface area (TPSA) is 24.5 Å². The molecule has 0 aromatic rings. The third-order valence-corrected chi connectivity index (χ3v) is 3.59. The fourth-order valence-electron chi connectivity index (χ4n) is 1.59. The average molecular weight is 262 g/mol. The van der Waals surface area contributed by atoms with Crippen LogP contribution in [0.3, 0.4) is 0 Å². The molecular weight excluding hydrogens is 232 g/mol. The first-order chi connectivity index (χ1) is 8.22. The highest BCUT2D eigenvalue weighted by atomic mass is 32.2. The lowest BCUT2D eigenvalue weighted by Crippen LogP contribution is -2.39. The van der Waals surface area contributed by atoms with E-state index in [4.69, 9.17) is 4.74 Å². The maximum atomic E-state index is 5.30. The smallest absolute Gasteiger partial charge is 0.0477 e. The predicted octanol–water partition coefficient (Wildman–Crippen LogP) is 2.08. The molecule has 0 saturated carbocycles. The Labute approximate surface area is 112 Å². The molecule has 0 fully saturated rings. The van der Waals surface area contributed by atoms with Crippen LogP contribution in [0.15, 0.2) is 0 Å². The Morgan fingerprint density at radius 3 is 2.76 bits per heavy atom. The van der Waals surface area contributed by atoms with E-state index in [-0.39, 0.29) is 0 Å². The largest absolute Gasteiger partial charge is 0.382 e. The van der Waals surface area contributed by atoms with Crippen molar-refractivity contribution in [3.8, 4) is 0 Å². The van der Waals surface area contributed by atoms with Gasteiger partial charge in [-0.25, -0.2) is 0 Å². The number of ether oxygens (including phenoxy) is 1. The third-order valence-electron chi connectivity index (χ3n) is 2.90. The van der Waals surface area contributed by atoms with E-state index in [0.29, 0.717) is 6.04 Å². The van der Waals surface area contributed by atoms with Crippen molar-refractivity contribution >= 4 is 11.8 Å². The molecule has 3 nitrogen and oxygen atoms in total. The van der Waals surface area contributed by atoms with E-state index >= 15 is 0 Å². The highest BCUT2D eigenvalue weighted by Crippen LogP contribution is 2.00. The van der Waals surface area contributed by atoms with Crippen LogP contribution in [0.25, 0.3) is 0 Å². The van der Waals surface area contributed by atoms with E-state index in [0.717, 1.165) is 32.7 Å². The van der Waals surface area contributed by atoms with Crippen LogP contribution in [0.2, 0.25) is 0 Å². The fraction of sp³-hybridized carbons (Fsp3) is 1.00. The van der Waals surface area contributed by atoms with Gasteiger partial charge in [-0.15, -0.1) is 0 Å². The summed E-state index contributed by atoms with van der Waals surface area (Å²) in [6.07, 6.45) is 4.56. The van der Waals surface area contributed by atoms with Crippen LogP contribution in [0.1, 0.15) is 26.7 Å². The Balaban J connectivity index is 3.34. The van der Waals surface area contributed by atoms with Crippen molar-refractivity contribution in [2.75, 3.05) is 51.9 Å². The van der Waals surface area contributed by atoms with Gasteiger partial charge in [0, 0.05) is 25.8 Å². The standard InChI is InChI=1S/C13H30N2OS/c1-5-16-10-6-8-14-12-13(2)15(3)9-7-11-17-4/h13-14H,5-12H2,1-4H3. The van der Waals surface area contributed by atoms with Crippen LogP contribution < -0.4 is 5.32 Å². The molecule has 0 heterocycles. The molecule has 0 radical (unpaired) electrons. The van der Waals surface area contributed by atoms with Crippen LogP contribution in [0.5, 0.6) is 0 Å². The van der Waals surface area contributed by atoms with Gasteiger partial charge in [-0.3, -0.25) is 0 Å². The molecule has 0 aliphatic carbocycles. The Hall–Kier alpha value is 0.230. The minimum Gasteiger partial charge on any atom is -0.382 e. The van der Waals surface area contributed by atoms with Crippen molar-refractivity contribution in [3.05, 3.63) is 0 Å². The highest BCUT2D eigenvalue weighted by Gasteiger charge is 2.07. The van der Waals surface area contributed by atoms with Gasteiger partial charge >= 0.3 is 0 Å². The van der Waals surface area contributed by atoms with Crippen LogP contribution in [0, 0.1) is 0 Å². The second-order valence-electron chi connectivity index (χ2n) is 4.43. The predicted molar refractivity (Wildman–Crippen MR) is 79.1 cm³/mol. The van der Waals surface area contributed by atoms with E-state index in [1.807, 2.05) is 18.7 Å². The Kier molecular flexibility index (Phi) is 12.9. The SMILES string of the molecule is CCOCCCNCC(C)N(C)CCCSC. The summed E-state index contributed by atoms with van der Waals surface area (Å²) >= 11 is 1.93. The minimum atomic E-state index is 0.615. The summed E-state index contributed by atoms with van der Waals surface area (Å²) in [5, 5.41) is 3.49. The molecule has 0 aromatic heterocycles. The van der Waals surface area contributed by atoms with Gasteiger partial charge in [0.1, 0.15) is 0 Å². The Morgan fingerprint density at radius 1 is 1.35 bits per heavy atom. The molecule has 1 atom stereocenters. The summed E-state index contributed by atoms with van der Waals surface area (Å²) in [4.78, 5) is 2.44. The van der Waals surface area contributed by atoms with Crippen molar-refractivity contribution in [3.63, 3.8) is 0 Å². The molecule has 0 rings (SSSR count). The Bertz CT molecular complexity index is 158. The molecule has 0 bridgehead atoms. The number of nitrogens with one attached hydrogen (secondary N) is 1. The van der Waals surface area contributed by atoms with Crippen LogP contribution in [-0.4, -0.2) is 62.8 Å². The first kappa shape index (κ1) is 17.2. The van der Waals surface area contributed by atoms with Gasteiger partial charge in [0.25, 0.3) is 0 Å². The monoisotopic (exact) mass is 262 g/mol. The molecule has 104 valence electrons. The average Bonchev–Trinajstić information content (AvgIpc) is 2.33. The molecule has 0 aliphatic rings. The van der Waals surface area contributed by atoms with Gasteiger partial charge in [-0.05, 0) is 58.8 Å². The maximum Gasteiger partial charge on any atom is 0.0477 e. The second-order valence-corrected chi connectivity index (χ2v) is 5.42. The minimum absolute atomic E-state index is 0.615. The van der Waals surface area contributed by atoms with E-state index in [2.05, 4.69) is 30.4 Å². The van der Waals surface area contributed by atoms with Crippen molar-refractivity contribution in [2.45, 2.75) is 32.7 Å². The molecule has 0 saturated heterocycles. The third kappa shape index (κ3) is 11.1. The summed E-state index contributed by atoms with van der Waals surface area (Å²) < 4.78 is 5.30. The quantitative estimate of drug-likeness (QED) is 0.544. The molecule has 4 heteroatoms. The molecule has 0 amide bonds. The number of hydrogen-bond donors (Lipinski definition) is 1. The van der Waals surface area contributed by atoms with E-state index < -0.39 is 0 Å². The lowest BCUT2D eigenvalue weighted by Gasteiger charge is -2.24. The molecule has 0 spiro atoms. The molecule has 1 N–H and O–H groups in total. The first-order valence-corrected chi connectivity index (χ1v) is 8.09. The van der Waals surface area contributed by atoms with E-state index in [1.54, 1.807) is 0 Å².